The summed E-state index contributed by atoms with van der Waals surface area (Å²) >= 11 is 3.38. The van der Waals surface area contributed by atoms with Gasteiger partial charge in [-0.2, -0.15) is 0 Å². The standard InChI is InChI=1S/C16H23BrO3/c1-4-7-14(12-17)11-10-13(2)15(18)8-5-6-9-16(19)20-3/h4,7,10-11,13H,1,5-6,8-9,12H2,2-3H3/b11-10-,14-7+. The van der Waals surface area contributed by atoms with E-state index in [2.05, 4.69) is 27.2 Å². The summed E-state index contributed by atoms with van der Waals surface area (Å²) in [7, 11) is 1.37. The van der Waals surface area contributed by atoms with Crippen molar-refractivity contribution in [3.05, 3.63) is 36.5 Å². The van der Waals surface area contributed by atoms with Gasteiger partial charge in [0.1, 0.15) is 5.78 Å². The quantitative estimate of drug-likeness (QED) is 0.261. The lowest BCUT2D eigenvalue weighted by molar-refractivity contribution is -0.140. The maximum Gasteiger partial charge on any atom is 0.305 e. The maximum absolute atomic E-state index is 11.9. The highest BCUT2D eigenvalue weighted by Crippen LogP contribution is 2.11. The van der Waals surface area contributed by atoms with Crippen LogP contribution in [0, 0.1) is 5.92 Å². The van der Waals surface area contributed by atoms with Crippen LogP contribution in [0.25, 0.3) is 0 Å². The molecule has 0 saturated carbocycles. The molecule has 0 amide bonds. The normalized spacial score (nSPS) is 13.2. The number of carbonyl (C=O) groups is 2. The van der Waals surface area contributed by atoms with Crippen LogP contribution in [-0.4, -0.2) is 24.2 Å². The van der Waals surface area contributed by atoms with Crippen LogP contribution in [0.2, 0.25) is 0 Å². The van der Waals surface area contributed by atoms with E-state index >= 15 is 0 Å². The fourth-order valence-corrected chi connectivity index (χ4v) is 1.94. The first-order valence-corrected chi connectivity index (χ1v) is 7.82. The van der Waals surface area contributed by atoms with Crippen LogP contribution in [0.15, 0.2) is 36.5 Å². The molecule has 112 valence electrons. The van der Waals surface area contributed by atoms with Crippen molar-refractivity contribution in [2.75, 3.05) is 12.4 Å². The van der Waals surface area contributed by atoms with Gasteiger partial charge < -0.3 is 4.74 Å². The largest absolute Gasteiger partial charge is 0.469 e. The number of carbonyl (C=O) groups excluding carboxylic acids is 2. The summed E-state index contributed by atoms with van der Waals surface area (Å²) in [6.07, 6.45) is 9.75. The molecule has 0 aliphatic heterocycles. The number of esters is 1. The fourth-order valence-electron chi connectivity index (χ4n) is 1.57. The van der Waals surface area contributed by atoms with Crippen LogP contribution < -0.4 is 0 Å². The molecular formula is C16H23BrO3. The highest BCUT2D eigenvalue weighted by atomic mass is 79.9. The van der Waals surface area contributed by atoms with Gasteiger partial charge in [0.25, 0.3) is 0 Å². The zero-order chi connectivity index (χ0) is 15.4. The molecule has 0 N–H and O–H groups in total. The Bertz CT molecular complexity index is 383. The van der Waals surface area contributed by atoms with Gasteiger partial charge in [-0.3, -0.25) is 9.59 Å². The molecule has 0 bridgehead atoms. The summed E-state index contributed by atoms with van der Waals surface area (Å²) in [5.74, 6) is -0.138. The first-order valence-electron chi connectivity index (χ1n) is 6.70. The van der Waals surface area contributed by atoms with Gasteiger partial charge in [0.05, 0.1) is 7.11 Å². The summed E-state index contributed by atoms with van der Waals surface area (Å²) in [5, 5.41) is 0.732. The molecule has 0 aliphatic carbocycles. The molecule has 0 aromatic heterocycles. The number of Topliss-reactive ketones (excluding diaryl/α,β-unsaturated/α-hetero) is 1. The SMILES string of the molecule is C=C/C=C(\C=C/C(C)C(=O)CCCCC(=O)OC)CBr. The molecule has 0 rings (SSSR count). The van der Waals surface area contributed by atoms with E-state index in [1.807, 2.05) is 25.2 Å². The molecular weight excluding hydrogens is 320 g/mol. The molecule has 0 radical (unpaired) electrons. The molecule has 3 nitrogen and oxygen atoms in total. The zero-order valence-electron chi connectivity index (χ0n) is 12.2. The number of alkyl halides is 1. The Balaban J connectivity index is 4.09. The molecule has 1 unspecified atom stereocenters. The zero-order valence-corrected chi connectivity index (χ0v) is 13.8. The topological polar surface area (TPSA) is 43.4 Å². The first-order chi connectivity index (χ1) is 9.54. The third-order valence-corrected chi connectivity index (χ3v) is 3.52. The van der Waals surface area contributed by atoms with E-state index in [4.69, 9.17) is 0 Å². The van der Waals surface area contributed by atoms with Crippen LogP contribution >= 0.6 is 15.9 Å². The van der Waals surface area contributed by atoms with E-state index in [1.54, 1.807) is 6.08 Å². The van der Waals surface area contributed by atoms with Crippen molar-refractivity contribution in [1.82, 2.24) is 0 Å². The van der Waals surface area contributed by atoms with E-state index in [-0.39, 0.29) is 17.7 Å². The van der Waals surface area contributed by atoms with Gasteiger partial charge in [0, 0.05) is 24.1 Å². The molecule has 20 heavy (non-hydrogen) atoms. The molecule has 0 spiro atoms. The Hall–Kier alpha value is -1.16. The number of hydrogen-bond acceptors (Lipinski definition) is 3. The summed E-state index contributed by atoms with van der Waals surface area (Å²) in [5.41, 5.74) is 1.07. The molecule has 0 aliphatic rings. The van der Waals surface area contributed by atoms with Gasteiger partial charge >= 0.3 is 5.97 Å². The van der Waals surface area contributed by atoms with E-state index in [9.17, 15) is 9.59 Å². The predicted octanol–water partition coefficient (Wildman–Crippen LogP) is 3.99. The maximum atomic E-state index is 11.9. The molecule has 1 atom stereocenters. The number of unbranched alkanes of at least 4 members (excludes halogenated alkanes) is 1. The van der Waals surface area contributed by atoms with Crippen molar-refractivity contribution in [3.8, 4) is 0 Å². The van der Waals surface area contributed by atoms with Crippen molar-refractivity contribution in [3.63, 3.8) is 0 Å². The van der Waals surface area contributed by atoms with E-state index in [0.717, 1.165) is 17.3 Å². The minimum Gasteiger partial charge on any atom is -0.469 e. The monoisotopic (exact) mass is 342 g/mol. The lowest BCUT2D eigenvalue weighted by Gasteiger charge is -2.05. The van der Waals surface area contributed by atoms with Crippen LogP contribution in [0.4, 0.5) is 0 Å². The number of rotatable bonds is 10. The van der Waals surface area contributed by atoms with E-state index in [0.29, 0.717) is 19.3 Å². The van der Waals surface area contributed by atoms with E-state index < -0.39 is 0 Å². The Labute approximate surface area is 129 Å². The Morgan fingerprint density at radius 3 is 2.50 bits per heavy atom. The number of ketones is 1. The minimum atomic E-state index is -0.220. The average molecular weight is 343 g/mol. The molecule has 0 aromatic rings. The number of ether oxygens (including phenoxy) is 1. The van der Waals surface area contributed by atoms with Gasteiger partial charge in [-0.05, 0) is 18.4 Å². The highest BCUT2D eigenvalue weighted by Gasteiger charge is 2.09. The first kappa shape index (κ1) is 18.8. The molecule has 0 saturated heterocycles. The molecule has 0 aromatic carbocycles. The molecule has 0 heterocycles. The number of hydrogen-bond donors (Lipinski definition) is 0. The lowest BCUT2D eigenvalue weighted by atomic mass is 9.99. The average Bonchev–Trinajstić information content (AvgIpc) is 2.46. The second-order valence-corrected chi connectivity index (χ2v) is 5.07. The highest BCUT2D eigenvalue weighted by molar-refractivity contribution is 9.09. The van der Waals surface area contributed by atoms with E-state index in [1.165, 1.54) is 7.11 Å². The van der Waals surface area contributed by atoms with Gasteiger partial charge in [-0.1, -0.05) is 53.7 Å². The third kappa shape index (κ3) is 8.86. The van der Waals surface area contributed by atoms with Gasteiger partial charge in [-0.25, -0.2) is 0 Å². The van der Waals surface area contributed by atoms with Crippen molar-refractivity contribution in [1.29, 1.82) is 0 Å². The Morgan fingerprint density at radius 1 is 1.30 bits per heavy atom. The summed E-state index contributed by atoms with van der Waals surface area (Å²) in [6.45, 7) is 5.53. The molecule has 0 fully saturated rings. The summed E-state index contributed by atoms with van der Waals surface area (Å²) in [6, 6.07) is 0. The minimum absolute atomic E-state index is 0.111. The second-order valence-electron chi connectivity index (χ2n) is 4.51. The van der Waals surface area contributed by atoms with Gasteiger partial charge in [0.2, 0.25) is 0 Å². The lowest BCUT2D eigenvalue weighted by Crippen LogP contribution is -2.08. The number of allylic oxidation sites excluding steroid dienone is 5. The Kier molecular flexibility index (Phi) is 11.0. The molecule has 4 heteroatoms. The van der Waals surface area contributed by atoms with Crippen LogP contribution in [0.1, 0.15) is 32.6 Å². The summed E-state index contributed by atoms with van der Waals surface area (Å²) in [4.78, 5) is 22.8. The van der Waals surface area contributed by atoms with Crippen LogP contribution in [0.3, 0.4) is 0 Å². The fraction of sp³-hybridized carbons (Fsp3) is 0.500. The van der Waals surface area contributed by atoms with Crippen molar-refractivity contribution in [2.24, 2.45) is 5.92 Å². The Morgan fingerprint density at radius 2 is 1.95 bits per heavy atom. The van der Waals surface area contributed by atoms with Crippen molar-refractivity contribution < 1.29 is 14.3 Å². The summed E-state index contributed by atoms with van der Waals surface area (Å²) < 4.78 is 4.55. The van der Waals surface area contributed by atoms with Crippen LogP contribution in [0.5, 0.6) is 0 Å². The number of methoxy groups -OCH3 is 1. The predicted molar refractivity (Wildman–Crippen MR) is 85.9 cm³/mol. The second kappa shape index (κ2) is 11.6. The van der Waals surface area contributed by atoms with Crippen molar-refractivity contribution >= 4 is 27.7 Å². The smallest absolute Gasteiger partial charge is 0.305 e. The van der Waals surface area contributed by atoms with Crippen molar-refractivity contribution in [2.45, 2.75) is 32.6 Å². The van der Waals surface area contributed by atoms with Crippen LogP contribution in [-0.2, 0) is 14.3 Å². The van der Waals surface area contributed by atoms with Gasteiger partial charge in [0.15, 0.2) is 0 Å². The number of halogens is 1. The van der Waals surface area contributed by atoms with Gasteiger partial charge in [-0.15, -0.1) is 0 Å². The third-order valence-electron chi connectivity index (χ3n) is 2.87.